The van der Waals surface area contributed by atoms with E-state index in [0.717, 1.165) is 27.8 Å². The number of carbonyl (C=O) groups excluding carboxylic acids is 2. The number of benzene rings is 3. The number of nitrogens with zero attached hydrogens (tertiary/aromatic N) is 1. The van der Waals surface area contributed by atoms with Crippen LogP contribution in [0.2, 0.25) is 0 Å². The lowest BCUT2D eigenvalue weighted by Crippen LogP contribution is -2.27. The maximum atomic E-state index is 12.6. The van der Waals surface area contributed by atoms with Gasteiger partial charge in [-0.05, 0) is 66.1 Å². The van der Waals surface area contributed by atoms with Crippen molar-refractivity contribution in [2.75, 3.05) is 16.0 Å². The van der Waals surface area contributed by atoms with E-state index in [2.05, 4.69) is 40.3 Å². The summed E-state index contributed by atoms with van der Waals surface area (Å²) < 4.78 is 0.931. The van der Waals surface area contributed by atoms with Crippen LogP contribution in [-0.2, 0) is 11.2 Å². The summed E-state index contributed by atoms with van der Waals surface area (Å²) in [5, 5.41) is 2.85. The summed E-state index contributed by atoms with van der Waals surface area (Å²) in [4.78, 5) is 26.8. The highest BCUT2D eigenvalue weighted by Gasteiger charge is 2.33. The average molecular weight is 481 g/mol. The van der Waals surface area contributed by atoms with Crippen molar-refractivity contribution in [2.24, 2.45) is 0 Å². The molecule has 30 heavy (non-hydrogen) atoms. The number of amides is 2. The predicted octanol–water partition coefficient (Wildman–Crippen LogP) is 6.04. The van der Waals surface area contributed by atoms with Gasteiger partial charge in [0, 0.05) is 21.4 Å². The first-order chi connectivity index (χ1) is 14.5. The molecule has 1 fully saturated rings. The van der Waals surface area contributed by atoms with Gasteiger partial charge in [-0.15, -0.1) is 11.8 Å². The van der Waals surface area contributed by atoms with E-state index in [4.69, 9.17) is 0 Å². The third-order valence-corrected chi connectivity index (χ3v) is 6.79. The fraction of sp³-hybridized carbons (Fsp3) is 0.167. The summed E-state index contributed by atoms with van der Waals surface area (Å²) >= 11 is 4.99. The Hall–Kier alpha value is -2.57. The van der Waals surface area contributed by atoms with Crippen molar-refractivity contribution in [3.63, 3.8) is 0 Å². The molecule has 0 spiro atoms. The molecule has 0 radical (unpaired) electrons. The third kappa shape index (κ3) is 4.45. The molecular weight excluding hydrogens is 460 g/mol. The van der Waals surface area contributed by atoms with Crippen LogP contribution in [0.1, 0.15) is 33.8 Å². The maximum Gasteiger partial charge on any atom is 0.255 e. The van der Waals surface area contributed by atoms with Gasteiger partial charge in [-0.2, -0.15) is 0 Å². The van der Waals surface area contributed by atoms with E-state index in [1.54, 1.807) is 23.9 Å². The Kier molecular flexibility index (Phi) is 6.25. The smallest absolute Gasteiger partial charge is 0.255 e. The first-order valence-corrected chi connectivity index (χ1v) is 11.6. The Morgan fingerprint density at radius 1 is 1.03 bits per heavy atom. The van der Waals surface area contributed by atoms with E-state index >= 15 is 0 Å². The number of hydrogen-bond acceptors (Lipinski definition) is 3. The van der Waals surface area contributed by atoms with E-state index in [0.29, 0.717) is 11.3 Å². The van der Waals surface area contributed by atoms with Crippen LogP contribution in [0.3, 0.4) is 0 Å². The van der Waals surface area contributed by atoms with Crippen LogP contribution in [0.25, 0.3) is 0 Å². The summed E-state index contributed by atoms with van der Waals surface area (Å²) in [5.74, 6) is 0.419. The Labute approximate surface area is 188 Å². The van der Waals surface area contributed by atoms with Crippen molar-refractivity contribution in [1.82, 2.24) is 0 Å². The minimum Gasteiger partial charge on any atom is -0.322 e. The second-order valence-electron chi connectivity index (χ2n) is 7.03. The van der Waals surface area contributed by atoms with Crippen LogP contribution in [0.4, 0.5) is 11.4 Å². The number of hydrogen-bond donors (Lipinski definition) is 1. The summed E-state index contributed by atoms with van der Waals surface area (Å²) in [6.45, 7) is 2.12. The Balaban J connectivity index is 1.50. The van der Waals surface area contributed by atoms with Crippen molar-refractivity contribution < 1.29 is 9.59 Å². The second-order valence-corrected chi connectivity index (χ2v) is 9.01. The van der Waals surface area contributed by atoms with Gasteiger partial charge < -0.3 is 5.32 Å². The lowest BCUT2D eigenvalue weighted by molar-refractivity contribution is -0.115. The molecule has 1 N–H and O–H groups in total. The molecule has 1 saturated heterocycles. The van der Waals surface area contributed by atoms with Gasteiger partial charge in [0.25, 0.3) is 5.91 Å². The van der Waals surface area contributed by atoms with Crippen LogP contribution in [0.5, 0.6) is 0 Å². The Morgan fingerprint density at radius 3 is 2.33 bits per heavy atom. The topological polar surface area (TPSA) is 49.4 Å². The van der Waals surface area contributed by atoms with Gasteiger partial charge in [-0.3, -0.25) is 14.5 Å². The predicted molar refractivity (Wildman–Crippen MR) is 127 cm³/mol. The van der Waals surface area contributed by atoms with E-state index in [1.165, 1.54) is 5.56 Å². The van der Waals surface area contributed by atoms with Crippen molar-refractivity contribution in [2.45, 2.75) is 18.7 Å². The van der Waals surface area contributed by atoms with Crippen molar-refractivity contribution >= 4 is 50.9 Å². The van der Waals surface area contributed by atoms with E-state index < -0.39 is 0 Å². The molecule has 4 nitrogen and oxygen atoms in total. The average Bonchev–Trinajstić information content (AvgIpc) is 3.16. The molecule has 1 aliphatic rings. The van der Waals surface area contributed by atoms with Crippen molar-refractivity contribution in [3.8, 4) is 0 Å². The third-order valence-electron chi connectivity index (χ3n) is 5.05. The number of rotatable bonds is 5. The maximum absolute atomic E-state index is 12.6. The molecule has 4 rings (SSSR count). The molecule has 0 aromatic heterocycles. The highest BCUT2D eigenvalue weighted by Crippen LogP contribution is 2.42. The van der Waals surface area contributed by atoms with Crippen LogP contribution in [-0.4, -0.2) is 17.6 Å². The first kappa shape index (κ1) is 20.7. The van der Waals surface area contributed by atoms with E-state index in [1.807, 2.05) is 53.4 Å². The zero-order chi connectivity index (χ0) is 21.1. The Morgan fingerprint density at radius 2 is 1.70 bits per heavy atom. The quantitative estimate of drug-likeness (QED) is 0.483. The number of anilines is 2. The van der Waals surface area contributed by atoms with Crippen LogP contribution >= 0.6 is 27.7 Å². The molecule has 1 heterocycles. The molecule has 0 saturated carbocycles. The molecule has 0 bridgehead atoms. The fourth-order valence-electron chi connectivity index (χ4n) is 3.38. The van der Waals surface area contributed by atoms with Crippen molar-refractivity contribution in [1.29, 1.82) is 0 Å². The fourth-order valence-corrected chi connectivity index (χ4v) is 4.82. The summed E-state index contributed by atoms with van der Waals surface area (Å²) in [6.07, 6.45) is 0.972. The van der Waals surface area contributed by atoms with Crippen LogP contribution < -0.4 is 10.2 Å². The van der Waals surface area contributed by atoms with E-state index in [-0.39, 0.29) is 17.2 Å². The zero-order valence-electron chi connectivity index (χ0n) is 16.5. The Bertz CT molecular complexity index is 1050. The van der Waals surface area contributed by atoms with Gasteiger partial charge in [0.15, 0.2) is 0 Å². The molecule has 0 unspecified atom stereocenters. The van der Waals surface area contributed by atoms with E-state index in [9.17, 15) is 9.59 Å². The summed E-state index contributed by atoms with van der Waals surface area (Å²) in [7, 11) is 0. The number of carbonyl (C=O) groups is 2. The van der Waals surface area contributed by atoms with Crippen LogP contribution in [0, 0.1) is 0 Å². The lowest BCUT2D eigenvalue weighted by Gasteiger charge is -2.24. The molecule has 2 amide bonds. The minimum absolute atomic E-state index is 0.0683. The van der Waals surface area contributed by atoms with Crippen LogP contribution in [0.15, 0.2) is 77.3 Å². The molecule has 6 heteroatoms. The molecular formula is C24H21BrN2O2S. The SMILES string of the molecule is CCc1ccc(N2C(=O)CS[C@H]2c2ccc(NC(=O)c3ccc(Br)cc3)cc2)cc1. The van der Waals surface area contributed by atoms with Gasteiger partial charge in [0.05, 0.1) is 5.75 Å². The monoisotopic (exact) mass is 480 g/mol. The summed E-state index contributed by atoms with van der Waals surface area (Å²) in [6, 6.07) is 23.1. The number of thioether (sulfide) groups is 1. The number of halogens is 1. The van der Waals surface area contributed by atoms with Gasteiger partial charge >= 0.3 is 0 Å². The standard InChI is InChI=1S/C24H21BrN2O2S/c1-2-16-3-13-21(14-4-16)27-22(28)15-30-24(27)18-7-11-20(12-8-18)26-23(29)17-5-9-19(25)10-6-17/h3-14,24H,2,15H2,1H3,(H,26,29)/t24-/m0/s1. The normalized spacial score (nSPS) is 16.0. The summed E-state index contributed by atoms with van der Waals surface area (Å²) in [5.41, 5.74) is 4.52. The molecule has 3 aromatic rings. The lowest BCUT2D eigenvalue weighted by atomic mass is 10.1. The van der Waals surface area contributed by atoms with Gasteiger partial charge in [0.2, 0.25) is 5.91 Å². The molecule has 1 atom stereocenters. The molecule has 1 aliphatic heterocycles. The number of nitrogens with one attached hydrogen (secondary N) is 1. The van der Waals surface area contributed by atoms with Gasteiger partial charge in [0.1, 0.15) is 5.37 Å². The largest absolute Gasteiger partial charge is 0.322 e. The molecule has 152 valence electrons. The number of aryl methyl sites for hydroxylation is 1. The minimum atomic E-state index is -0.154. The molecule has 3 aromatic carbocycles. The highest BCUT2D eigenvalue weighted by molar-refractivity contribution is 9.10. The highest BCUT2D eigenvalue weighted by atomic mass is 79.9. The second kappa shape index (κ2) is 9.06. The van der Waals surface area contributed by atoms with Gasteiger partial charge in [-0.1, -0.05) is 47.1 Å². The molecule has 0 aliphatic carbocycles. The first-order valence-electron chi connectivity index (χ1n) is 9.74. The van der Waals surface area contributed by atoms with Gasteiger partial charge in [-0.25, -0.2) is 0 Å². The zero-order valence-corrected chi connectivity index (χ0v) is 18.9. The van der Waals surface area contributed by atoms with Crippen molar-refractivity contribution in [3.05, 3.63) is 94.0 Å².